The highest BCUT2D eigenvalue weighted by molar-refractivity contribution is 7.86. The summed E-state index contributed by atoms with van der Waals surface area (Å²) < 4.78 is 18.2. The highest BCUT2D eigenvalue weighted by atomic mass is 32.2. The molecule has 1 aliphatic heterocycles. The molecule has 4 heteroatoms. The summed E-state index contributed by atoms with van der Waals surface area (Å²) in [6.45, 7) is 6.16. The van der Waals surface area contributed by atoms with E-state index in [2.05, 4.69) is 19.2 Å². The summed E-state index contributed by atoms with van der Waals surface area (Å²) in [4.78, 5) is 0. The summed E-state index contributed by atoms with van der Waals surface area (Å²) in [7, 11) is -0.703. The van der Waals surface area contributed by atoms with Crippen LogP contribution in [0.25, 0.3) is 0 Å². The Morgan fingerprint density at radius 1 is 1.33 bits per heavy atom. The molecule has 1 N–H and O–H groups in total. The minimum atomic E-state index is -0.703. The Morgan fingerprint density at radius 3 is 2.83 bits per heavy atom. The summed E-state index contributed by atoms with van der Waals surface area (Å²) >= 11 is 0. The van der Waals surface area contributed by atoms with Crippen molar-refractivity contribution in [1.29, 1.82) is 0 Å². The van der Waals surface area contributed by atoms with Crippen LogP contribution in [0.5, 0.6) is 0 Å². The van der Waals surface area contributed by atoms with Gasteiger partial charge in [-0.1, -0.05) is 13.3 Å². The second-order valence-electron chi connectivity index (χ2n) is 5.67. The number of hydrogen-bond donors (Lipinski definition) is 1. The molecule has 1 saturated heterocycles. The van der Waals surface area contributed by atoms with Crippen LogP contribution in [0.3, 0.4) is 0 Å². The van der Waals surface area contributed by atoms with Crippen molar-refractivity contribution in [3.63, 3.8) is 0 Å². The van der Waals surface area contributed by atoms with Gasteiger partial charge in [0.15, 0.2) is 0 Å². The SMILES string of the molecule is CCCNC1CCCC(S(=O)C2CCOC2C)C1. The molecule has 1 saturated carbocycles. The van der Waals surface area contributed by atoms with Gasteiger partial charge in [-0.05, 0) is 45.6 Å². The summed E-state index contributed by atoms with van der Waals surface area (Å²) in [5.74, 6) is 0. The molecule has 2 fully saturated rings. The third-order valence-corrected chi connectivity index (χ3v) is 6.54. The lowest BCUT2D eigenvalue weighted by Crippen LogP contribution is -2.41. The summed E-state index contributed by atoms with van der Waals surface area (Å²) in [5, 5.41) is 4.26. The first-order valence-corrected chi connectivity index (χ1v) is 8.74. The molecule has 1 heterocycles. The minimum Gasteiger partial charge on any atom is -0.377 e. The van der Waals surface area contributed by atoms with Gasteiger partial charge in [0.2, 0.25) is 0 Å². The van der Waals surface area contributed by atoms with Gasteiger partial charge in [0.25, 0.3) is 0 Å². The summed E-state index contributed by atoms with van der Waals surface area (Å²) in [5.41, 5.74) is 0. The van der Waals surface area contributed by atoms with E-state index in [0.29, 0.717) is 11.3 Å². The number of ether oxygens (including phenoxy) is 1. The van der Waals surface area contributed by atoms with Crippen molar-refractivity contribution in [2.75, 3.05) is 13.2 Å². The number of rotatable bonds is 5. The average molecular weight is 273 g/mol. The van der Waals surface area contributed by atoms with Gasteiger partial charge in [-0.15, -0.1) is 0 Å². The molecular weight excluding hydrogens is 246 g/mol. The zero-order valence-electron chi connectivity index (χ0n) is 11.7. The standard InChI is InChI=1S/C14H27NO2S/c1-3-8-15-12-5-4-6-13(10-12)18(16)14-7-9-17-11(14)2/h11-15H,3-10H2,1-2H3. The van der Waals surface area contributed by atoms with Gasteiger partial charge in [-0.3, -0.25) is 4.21 Å². The predicted molar refractivity (Wildman–Crippen MR) is 76.3 cm³/mol. The molecular formula is C14H27NO2S. The molecule has 3 nitrogen and oxygen atoms in total. The molecule has 106 valence electrons. The fourth-order valence-corrected chi connectivity index (χ4v) is 5.25. The second-order valence-corrected chi connectivity index (χ2v) is 7.60. The molecule has 18 heavy (non-hydrogen) atoms. The molecule has 5 atom stereocenters. The maximum Gasteiger partial charge on any atom is 0.0691 e. The Balaban J connectivity index is 1.85. The van der Waals surface area contributed by atoms with E-state index >= 15 is 0 Å². The molecule has 0 aromatic carbocycles. The maximum absolute atomic E-state index is 12.6. The normalized spacial score (nSPS) is 38.8. The Labute approximate surface area is 114 Å². The highest BCUT2D eigenvalue weighted by Gasteiger charge is 2.35. The van der Waals surface area contributed by atoms with E-state index in [-0.39, 0.29) is 11.4 Å². The molecule has 2 rings (SSSR count). The van der Waals surface area contributed by atoms with Crippen LogP contribution in [0, 0.1) is 0 Å². The zero-order chi connectivity index (χ0) is 13.0. The Hall–Kier alpha value is 0.0700. The van der Waals surface area contributed by atoms with Crippen molar-refractivity contribution >= 4 is 10.8 Å². The van der Waals surface area contributed by atoms with E-state index in [1.54, 1.807) is 0 Å². The van der Waals surface area contributed by atoms with E-state index in [0.717, 1.165) is 32.4 Å². The predicted octanol–water partition coefficient (Wildman–Crippen LogP) is 2.22. The van der Waals surface area contributed by atoms with E-state index in [1.165, 1.54) is 19.3 Å². The van der Waals surface area contributed by atoms with Crippen LogP contribution >= 0.6 is 0 Å². The van der Waals surface area contributed by atoms with Gasteiger partial charge < -0.3 is 10.1 Å². The van der Waals surface area contributed by atoms with Crippen molar-refractivity contribution in [2.45, 2.75) is 75.0 Å². The third-order valence-electron chi connectivity index (χ3n) is 4.24. The Kier molecular flexibility index (Phi) is 5.64. The van der Waals surface area contributed by atoms with Crippen molar-refractivity contribution in [1.82, 2.24) is 5.32 Å². The Morgan fingerprint density at radius 2 is 2.17 bits per heavy atom. The lowest BCUT2D eigenvalue weighted by Gasteiger charge is -2.31. The van der Waals surface area contributed by atoms with Crippen molar-refractivity contribution in [3.05, 3.63) is 0 Å². The zero-order valence-corrected chi connectivity index (χ0v) is 12.5. The van der Waals surface area contributed by atoms with Crippen molar-refractivity contribution < 1.29 is 8.95 Å². The first-order valence-electron chi connectivity index (χ1n) is 7.46. The lowest BCUT2D eigenvalue weighted by atomic mass is 9.95. The van der Waals surface area contributed by atoms with E-state index in [4.69, 9.17) is 4.74 Å². The van der Waals surface area contributed by atoms with Gasteiger partial charge in [0.05, 0.1) is 11.4 Å². The molecule has 2 aliphatic rings. The van der Waals surface area contributed by atoms with Gasteiger partial charge in [0, 0.05) is 28.7 Å². The van der Waals surface area contributed by atoms with Crippen LogP contribution < -0.4 is 5.32 Å². The molecule has 0 aromatic heterocycles. The fourth-order valence-electron chi connectivity index (χ4n) is 3.15. The highest BCUT2D eigenvalue weighted by Crippen LogP contribution is 2.29. The van der Waals surface area contributed by atoms with Crippen LogP contribution in [-0.4, -0.2) is 40.0 Å². The smallest absolute Gasteiger partial charge is 0.0691 e. The average Bonchev–Trinajstić information content (AvgIpc) is 2.82. The van der Waals surface area contributed by atoms with E-state index in [1.807, 2.05) is 0 Å². The minimum absolute atomic E-state index is 0.190. The Bertz CT molecular complexity index is 285. The van der Waals surface area contributed by atoms with E-state index in [9.17, 15) is 4.21 Å². The summed E-state index contributed by atoms with van der Waals surface area (Å²) in [6.07, 6.45) is 7.06. The lowest BCUT2D eigenvalue weighted by molar-refractivity contribution is 0.126. The number of nitrogens with one attached hydrogen (secondary N) is 1. The van der Waals surface area contributed by atoms with Crippen LogP contribution in [0.1, 0.15) is 52.4 Å². The molecule has 0 spiro atoms. The quantitative estimate of drug-likeness (QED) is 0.835. The van der Waals surface area contributed by atoms with Gasteiger partial charge in [0.1, 0.15) is 0 Å². The van der Waals surface area contributed by atoms with E-state index < -0.39 is 10.8 Å². The first kappa shape index (κ1) is 14.5. The van der Waals surface area contributed by atoms with Gasteiger partial charge >= 0.3 is 0 Å². The molecule has 5 unspecified atom stereocenters. The molecule has 1 aliphatic carbocycles. The molecule has 0 amide bonds. The van der Waals surface area contributed by atoms with Crippen LogP contribution in [0.15, 0.2) is 0 Å². The van der Waals surface area contributed by atoms with Crippen LogP contribution in [-0.2, 0) is 15.5 Å². The molecule has 0 bridgehead atoms. The molecule has 0 radical (unpaired) electrons. The van der Waals surface area contributed by atoms with Crippen molar-refractivity contribution in [2.24, 2.45) is 0 Å². The maximum atomic E-state index is 12.6. The van der Waals surface area contributed by atoms with Crippen LogP contribution in [0.2, 0.25) is 0 Å². The second kappa shape index (κ2) is 7.01. The topological polar surface area (TPSA) is 38.3 Å². The largest absolute Gasteiger partial charge is 0.377 e. The van der Waals surface area contributed by atoms with Gasteiger partial charge in [-0.25, -0.2) is 0 Å². The summed E-state index contributed by atoms with van der Waals surface area (Å²) in [6, 6.07) is 0.588. The fraction of sp³-hybridized carbons (Fsp3) is 1.00. The molecule has 0 aromatic rings. The van der Waals surface area contributed by atoms with Gasteiger partial charge in [-0.2, -0.15) is 0 Å². The van der Waals surface area contributed by atoms with Crippen molar-refractivity contribution in [3.8, 4) is 0 Å². The van der Waals surface area contributed by atoms with Crippen LogP contribution in [0.4, 0.5) is 0 Å². The number of hydrogen-bond acceptors (Lipinski definition) is 3. The first-order chi connectivity index (χ1) is 8.72. The third kappa shape index (κ3) is 3.55. The monoisotopic (exact) mass is 273 g/mol.